The fourth-order valence-electron chi connectivity index (χ4n) is 0.942. The number of benzene rings is 1. The van der Waals surface area contributed by atoms with Crippen LogP contribution in [0, 0.1) is 11.3 Å². The molecule has 0 aliphatic heterocycles. The molecule has 0 spiro atoms. The number of nitrogens with two attached hydrogens (primary N) is 1. The highest BCUT2D eigenvalue weighted by Crippen LogP contribution is 2.22. The van der Waals surface area contributed by atoms with Crippen molar-refractivity contribution in [1.29, 1.82) is 5.26 Å². The van der Waals surface area contributed by atoms with E-state index in [1.807, 2.05) is 30.3 Å². The Morgan fingerprint density at radius 1 is 1.46 bits per heavy atom. The molecule has 0 aliphatic carbocycles. The van der Waals surface area contributed by atoms with Gasteiger partial charge in [0.1, 0.15) is 0 Å². The highest BCUT2D eigenvalue weighted by atomic mass is 79.9. The molecule has 0 saturated carbocycles. The lowest BCUT2D eigenvalue weighted by molar-refractivity contribution is 1.38. The van der Waals surface area contributed by atoms with Gasteiger partial charge in [-0.05, 0) is 13.0 Å². The van der Waals surface area contributed by atoms with E-state index >= 15 is 0 Å². The van der Waals surface area contributed by atoms with E-state index in [1.54, 1.807) is 6.92 Å². The molecule has 0 aliphatic rings. The van der Waals surface area contributed by atoms with Crippen molar-refractivity contribution in [2.45, 2.75) is 6.92 Å². The molecule has 0 radical (unpaired) electrons. The van der Waals surface area contributed by atoms with Crippen LogP contribution in [0.3, 0.4) is 0 Å². The molecule has 0 amide bonds. The summed E-state index contributed by atoms with van der Waals surface area (Å²) in [4.78, 5) is 0. The van der Waals surface area contributed by atoms with Gasteiger partial charge >= 0.3 is 0 Å². The first-order chi connectivity index (χ1) is 6.16. The minimum atomic E-state index is 0.523. The lowest BCUT2D eigenvalue weighted by Gasteiger charge is -2.04. The second-order valence-corrected chi connectivity index (χ2v) is 3.48. The quantitative estimate of drug-likeness (QED) is 0.763. The van der Waals surface area contributed by atoms with Crippen molar-refractivity contribution in [2.24, 2.45) is 5.73 Å². The fourth-order valence-corrected chi connectivity index (χ4v) is 1.44. The fraction of sp³-hybridized carbons (Fsp3) is 0.100. The average Bonchev–Trinajstić information content (AvgIpc) is 2.16. The smallest absolute Gasteiger partial charge is 0.0965 e. The van der Waals surface area contributed by atoms with Gasteiger partial charge in [0, 0.05) is 15.6 Å². The summed E-state index contributed by atoms with van der Waals surface area (Å²) in [5, 5.41) is 8.65. The van der Waals surface area contributed by atoms with Crippen molar-refractivity contribution in [3.8, 4) is 6.07 Å². The van der Waals surface area contributed by atoms with Gasteiger partial charge < -0.3 is 5.73 Å². The summed E-state index contributed by atoms with van der Waals surface area (Å²) in [5.41, 5.74) is 7.70. The zero-order chi connectivity index (χ0) is 9.84. The molecular weight excluding hydrogens is 228 g/mol. The van der Waals surface area contributed by atoms with Crippen molar-refractivity contribution in [2.75, 3.05) is 0 Å². The Hall–Kier alpha value is -1.27. The Bertz CT molecular complexity index is 388. The van der Waals surface area contributed by atoms with E-state index in [0.29, 0.717) is 11.3 Å². The van der Waals surface area contributed by atoms with Crippen LogP contribution in [0.1, 0.15) is 12.5 Å². The van der Waals surface area contributed by atoms with Crippen LogP contribution in [0.2, 0.25) is 0 Å². The molecule has 0 aromatic heterocycles. The molecule has 3 heteroatoms. The third-order valence-corrected chi connectivity index (χ3v) is 2.43. The summed E-state index contributed by atoms with van der Waals surface area (Å²) >= 11 is 3.37. The van der Waals surface area contributed by atoms with Gasteiger partial charge in [-0.2, -0.15) is 5.26 Å². The number of hydrogen-bond donors (Lipinski definition) is 1. The summed E-state index contributed by atoms with van der Waals surface area (Å²) in [7, 11) is 0. The van der Waals surface area contributed by atoms with Crippen molar-refractivity contribution in [3.63, 3.8) is 0 Å². The van der Waals surface area contributed by atoms with Crippen LogP contribution >= 0.6 is 15.9 Å². The molecule has 0 atom stereocenters. The molecule has 0 bridgehead atoms. The van der Waals surface area contributed by atoms with Crippen molar-refractivity contribution >= 4 is 21.6 Å². The highest BCUT2D eigenvalue weighted by Gasteiger charge is 2.03. The summed E-state index contributed by atoms with van der Waals surface area (Å²) in [5.74, 6) is 0. The van der Waals surface area contributed by atoms with Gasteiger partial charge in [0.15, 0.2) is 0 Å². The number of nitriles is 1. The second kappa shape index (κ2) is 4.11. The Labute approximate surface area is 85.8 Å². The van der Waals surface area contributed by atoms with Gasteiger partial charge in [-0.1, -0.05) is 34.1 Å². The van der Waals surface area contributed by atoms with Crippen LogP contribution in [0.25, 0.3) is 5.70 Å². The normalized spacial score (nSPS) is 11.8. The second-order valence-electron chi connectivity index (χ2n) is 2.63. The van der Waals surface area contributed by atoms with Gasteiger partial charge in [-0.25, -0.2) is 0 Å². The van der Waals surface area contributed by atoms with E-state index in [4.69, 9.17) is 11.0 Å². The maximum Gasteiger partial charge on any atom is 0.0965 e. The topological polar surface area (TPSA) is 49.8 Å². The van der Waals surface area contributed by atoms with Crippen molar-refractivity contribution in [1.82, 2.24) is 0 Å². The number of halogens is 1. The van der Waals surface area contributed by atoms with Gasteiger partial charge in [-0.15, -0.1) is 0 Å². The highest BCUT2D eigenvalue weighted by molar-refractivity contribution is 9.10. The molecule has 0 saturated heterocycles. The summed E-state index contributed by atoms with van der Waals surface area (Å²) in [6, 6.07) is 9.59. The van der Waals surface area contributed by atoms with Crippen LogP contribution in [0.5, 0.6) is 0 Å². The molecule has 0 heterocycles. The molecular formula is C10H9BrN2. The largest absolute Gasteiger partial charge is 0.397 e. The van der Waals surface area contributed by atoms with Crippen LogP contribution < -0.4 is 5.73 Å². The van der Waals surface area contributed by atoms with Gasteiger partial charge in [0.2, 0.25) is 0 Å². The van der Waals surface area contributed by atoms with E-state index in [2.05, 4.69) is 15.9 Å². The van der Waals surface area contributed by atoms with E-state index in [1.165, 1.54) is 0 Å². The Kier molecular flexibility index (Phi) is 3.10. The minimum absolute atomic E-state index is 0.523. The Balaban J connectivity index is 3.26. The molecule has 2 nitrogen and oxygen atoms in total. The van der Waals surface area contributed by atoms with Crippen LogP contribution in [0.15, 0.2) is 34.3 Å². The predicted molar refractivity (Wildman–Crippen MR) is 56.5 cm³/mol. The maximum absolute atomic E-state index is 8.65. The van der Waals surface area contributed by atoms with Gasteiger partial charge in [0.05, 0.1) is 11.8 Å². The summed E-state index contributed by atoms with van der Waals surface area (Å²) in [6.45, 7) is 1.70. The summed E-state index contributed by atoms with van der Waals surface area (Å²) < 4.78 is 0.905. The van der Waals surface area contributed by atoms with E-state index in [9.17, 15) is 0 Å². The first kappa shape index (κ1) is 9.82. The lowest BCUT2D eigenvalue weighted by atomic mass is 10.1. The Morgan fingerprint density at radius 3 is 2.62 bits per heavy atom. The number of hydrogen-bond acceptors (Lipinski definition) is 2. The molecule has 1 aromatic rings. The SMILES string of the molecule is C/C(C#N)=C(/N)c1ccccc1Br. The molecule has 0 unspecified atom stereocenters. The molecule has 1 aromatic carbocycles. The van der Waals surface area contributed by atoms with E-state index in [0.717, 1.165) is 10.0 Å². The summed E-state index contributed by atoms with van der Waals surface area (Å²) in [6.07, 6.45) is 0. The van der Waals surface area contributed by atoms with E-state index < -0.39 is 0 Å². The molecule has 13 heavy (non-hydrogen) atoms. The number of nitrogens with zero attached hydrogens (tertiary/aromatic N) is 1. The monoisotopic (exact) mass is 236 g/mol. The molecule has 0 fully saturated rings. The Morgan fingerprint density at radius 2 is 2.08 bits per heavy atom. The van der Waals surface area contributed by atoms with Crippen LogP contribution in [-0.2, 0) is 0 Å². The minimum Gasteiger partial charge on any atom is -0.397 e. The van der Waals surface area contributed by atoms with Crippen LogP contribution in [0.4, 0.5) is 0 Å². The zero-order valence-electron chi connectivity index (χ0n) is 7.21. The third-order valence-electron chi connectivity index (χ3n) is 1.74. The van der Waals surface area contributed by atoms with Crippen molar-refractivity contribution in [3.05, 3.63) is 39.9 Å². The third kappa shape index (κ3) is 2.10. The van der Waals surface area contributed by atoms with Gasteiger partial charge in [-0.3, -0.25) is 0 Å². The van der Waals surface area contributed by atoms with Gasteiger partial charge in [0.25, 0.3) is 0 Å². The molecule has 1 rings (SSSR count). The lowest BCUT2D eigenvalue weighted by Crippen LogP contribution is -1.99. The maximum atomic E-state index is 8.65. The number of allylic oxidation sites excluding steroid dienone is 1. The van der Waals surface area contributed by atoms with Crippen LogP contribution in [-0.4, -0.2) is 0 Å². The molecule has 66 valence electrons. The average molecular weight is 237 g/mol. The van der Waals surface area contributed by atoms with Crippen molar-refractivity contribution < 1.29 is 0 Å². The predicted octanol–water partition coefficient (Wildman–Crippen LogP) is 2.66. The van der Waals surface area contributed by atoms with E-state index in [-0.39, 0.29) is 0 Å². The number of rotatable bonds is 1. The molecule has 2 N–H and O–H groups in total. The zero-order valence-corrected chi connectivity index (χ0v) is 8.80. The first-order valence-corrected chi connectivity index (χ1v) is 4.57. The standard InChI is InChI=1S/C10H9BrN2/c1-7(6-12)10(13)8-4-2-3-5-9(8)11/h2-5H,13H2,1H3/b10-7-. The first-order valence-electron chi connectivity index (χ1n) is 3.78.